The van der Waals surface area contributed by atoms with Crippen molar-refractivity contribution in [3.8, 4) is 5.75 Å². The summed E-state index contributed by atoms with van der Waals surface area (Å²) in [5.74, 6) is -1.79. The summed E-state index contributed by atoms with van der Waals surface area (Å²) < 4.78 is 23.8. The molecule has 2 heterocycles. The highest BCUT2D eigenvalue weighted by Crippen LogP contribution is 2.32. The Labute approximate surface area is 130 Å². The highest BCUT2D eigenvalue weighted by Gasteiger charge is 2.24. The topological polar surface area (TPSA) is 88.8 Å². The van der Waals surface area contributed by atoms with Crippen molar-refractivity contribution in [3.05, 3.63) is 53.2 Å². The maximum absolute atomic E-state index is 13.3. The SMILES string of the molecule is O=C(O)c1coc(C(=O)NC2CCCOc3cc(F)ccc32)c1. The van der Waals surface area contributed by atoms with E-state index in [2.05, 4.69) is 5.32 Å². The maximum Gasteiger partial charge on any atom is 0.338 e. The smallest absolute Gasteiger partial charge is 0.338 e. The third kappa shape index (κ3) is 3.18. The number of carbonyl (C=O) groups excluding carboxylic acids is 1. The van der Waals surface area contributed by atoms with Gasteiger partial charge in [0.15, 0.2) is 5.76 Å². The van der Waals surface area contributed by atoms with Crippen LogP contribution in [-0.4, -0.2) is 23.6 Å². The summed E-state index contributed by atoms with van der Waals surface area (Å²) in [7, 11) is 0. The average Bonchev–Trinajstić information content (AvgIpc) is 2.93. The molecule has 6 nitrogen and oxygen atoms in total. The minimum atomic E-state index is -1.17. The summed E-state index contributed by atoms with van der Waals surface area (Å²) in [6, 6.07) is 4.97. The van der Waals surface area contributed by atoms with Crippen LogP contribution in [0.15, 0.2) is 34.9 Å². The number of furan rings is 1. The Morgan fingerprint density at radius 1 is 1.30 bits per heavy atom. The monoisotopic (exact) mass is 319 g/mol. The number of carboxylic acids is 1. The number of rotatable bonds is 3. The van der Waals surface area contributed by atoms with Gasteiger partial charge in [0.25, 0.3) is 5.91 Å². The first kappa shape index (κ1) is 15.1. The van der Waals surface area contributed by atoms with E-state index in [0.717, 1.165) is 12.3 Å². The zero-order chi connectivity index (χ0) is 16.4. The molecule has 2 aromatic rings. The summed E-state index contributed by atoms with van der Waals surface area (Å²) >= 11 is 0. The Kier molecular flexibility index (Phi) is 4.01. The third-order valence-corrected chi connectivity index (χ3v) is 3.62. The van der Waals surface area contributed by atoms with Crippen LogP contribution >= 0.6 is 0 Å². The number of aromatic carboxylic acids is 1. The minimum absolute atomic E-state index is 0.0868. The lowest BCUT2D eigenvalue weighted by Gasteiger charge is -2.17. The molecular formula is C16H14FNO5. The number of amides is 1. The molecule has 1 aromatic carbocycles. The Morgan fingerprint density at radius 2 is 2.13 bits per heavy atom. The molecule has 0 spiro atoms. The zero-order valence-corrected chi connectivity index (χ0v) is 12.0. The van der Waals surface area contributed by atoms with Gasteiger partial charge in [-0.2, -0.15) is 0 Å². The van der Waals surface area contributed by atoms with E-state index < -0.39 is 17.7 Å². The summed E-state index contributed by atoms with van der Waals surface area (Å²) in [4.78, 5) is 23.0. The van der Waals surface area contributed by atoms with Gasteiger partial charge in [-0.1, -0.05) is 6.07 Å². The summed E-state index contributed by atoms with van der Waals surface area (Å²) in [5.41, 5.74) is 0.587. The third-order valence-electron chi connectivity index (χ3n) is 3.62. The van der Waals surface area contributed by atoms with E-state index in [1.54, 1.807) is 6.07 Å². The minimum Gasteiger partial charge on any atom is -0.493 e. The van der Waals surface area contributed by atoms with E-state index in [4.69, 9.17) is 14.3 Å². The lowest BCUT2D eigenvalue weighted by Crippen LogP contribution is -2.28. The first-order valence-corrected chi connectivity index (χ1v) is 7.09. The van der Waals surface area contributed by atoms with E-state index in [-0.39, 0.29) is 17.4 Å². The normalized spacial score (nSPS) is 16.8. The van der Waals surface area contributed by atoms with Crippen LogP contribution in [0.2, 0.25) is 0 Å². The molecule has 1 aliphatic rings. The number of carboxylic acid groups (broad SMARTS) is 1. The van der Waals surface area contributed by atoms with Gasteiger partial charge in [0.2, 0.25) is 0 Å². The largest absolute Gasteiger partial charge is 0.493 e. The van der Waals surface area contributed by atoms with E-state index >= 15 is 0 Å². The molecule has 0 radical (unpaired) electrons. The van der Waals surface area contributed by atoms with Gasteiger partial charge >= 0.3 is 5.97 Å². The van der Waals surface area contributed by atoms with Gasteiger partial charge in [0.05, 0.1) is 18.2 Å². The second-order valence-electron chi connectivity index (χ2n) is 5.20. The molecule has 23 heavy (non-hydrogen) atoms. The molecule has 7 heteroatoms. The second kappa shape index (κ2) is 6.12. The Balaban J connectivity index is 1.81. The number of carbonyl (C=O) groups is 2. The van der Waals surface area contributed by atoms with Crippen LogP contribution < -0.4 is 10.1 Å². The number of nitrogens with one attached hydrogen (secondary N) is 1. The van der Waals surface area contributed by atoms with Crippen LogP contribution in [0.1, 0.15) is 45.4 Å². The molecule has 0 aliphatic carbocycles. The van der Waals surface area contributed by atoms with Gasteiger partial charge in [-0.15, -0.1) is 0 Å². The molecule has 0 saturated heterocycles. The molecule has 1 aliphatic heterocycles. The Bertz CT molecular complexity index is 755. The van der Waals surface area contributed by atoms with Gasteiger partial charge in [-0.05, 0) is 18.9 Å². The number of benzene rings is 1. The number of halogens is 1. The number of hydrogen-bond acceptors (Lipinski definition) is 4. The van der Waals surface area contributed by atoms with Crippen LogP contribution in [-0.2, 0) is 0 Å². The molecule has 0 fully saturated rings. The lowest BCUT2D eigenvalue weighted by molar-refractivity contribution is 0.0695. The van der Waals surface area contributed by atoms with Crippen LogP contribution in [0.5, 0.6) is 5.75 Å². The molecule has 1 unspecified atom stereocenters. The van der Waals surface area contributed by atoms with Crippen LogP contribution in [0.25, 0.3) is 0 Å². The average molecular weight is 319 g/mol. The van der Waals surface area contributed by atoms with Crippen molar-refractivity contribution in [3.63, 3.8) is 0 Å². The lowest BCUT2D eigenvalue weighted by atomic mass is 10.0. The summed E-state index contributed by atoms with van der Waals surface area (Å²) in [6.07, 6.45) is 2.33. The molecule has 1 aromatic heterocycles. The van der Waals surface area contributed by atoms with E-state index in [0.29, 0.717) is 30.8 Å². The van der Waals surface area contributed by atoms with Crippen molar-refractivity contribution in [2.75, 3.05) is 6.61 Å². The fourth-order valence-corrected chi connectivity index (χ4v) is 2.49. The molecule has 1 atom stereocenters. The van der Waals surface area contributed by atoms with Gasteiger partial charge in [0.1, 0.15) is 17.8 Å². The van der Waals surface area contributed by atoms with Gasteiger partial charge < -0.3 is 19.6 Å². The van der Waals surface area contributed by atoms with Crippen molar-refractivity contribution in [2.45, 2.75) is 18.9 Å². The molecular weight excluding hydrogens is 305 g/mol. The second-order valence-corrected chi connectivity index (χ2v) is 5.20. The Morgan fingerprint density at radius 3 is 2.87 bits per heavy atom. The zero-order valence-electron chi connectivity index (χ0n) is 12.0. The van der Waals surface area contributed by atoms with E-state index in [1.165, 1.54) is 12.1 Å². The molecule has 0 saturated carbocycles. The standard InChI is InChI=1S/C16H14FNO5/c17-10-3-4-11-12(2-1-5-22-13(11)7-10)18-15(19)14-6-9(8-23-14)16(20)21/h3-4,6-8,12H,1-2,5H2,(H,18,19)(H,20,21). The van der Waals surface area contributed by atoms with Gasteiger partial charge in [-0.3, -0.25) is 4.79 Å². The van der Waals surface area contributed by atoms with Crippen molar-refractivity contribution in [2.24, 2.45) is 0 Å². The molecule has 2 N–H and O–H groups in total. The molecule has 1 amide bonds. The van der Waals surface area contributed by atoms with Crippen LogP contribution in [0, 0.1) is 5.82 Å². The highest BCUT2D eigenvalue weighted by atomic mass is 19.1. The number of fused-ring (bicyclic) bond motifs is 1. The molecule has 120 valence electrons. The first-order valence-electron chi connectivity index (χ1n) is 7.09. The fraction of sp³-hybridized carbons (Fsp3) is 0.250. The molecule has 3 rings (SSSR count). The molecule has 0 bridgehead atoms. The predicted octanol–water partition coefficient (Wildman–Crippen LogP) is 2.76. The predicted molar refractivity (Wildman–Crippen MR) is 77.0 cm³/mol. The summed E-state index contributed by atoms with van der Waals surface area (Å²) in [6.45, 7) is 0.437. The number of ether oxygens (including phenoxy) is 1. The Hall–Kier alpha value is -2.83. The van der Waals surface area contributed by atoms with Crippen molar-refractivity contribution in [1.82, 2.24) is 5.32 Å². The van der Waals surface area contributed by atoms with Crippen molar-refractivity contribution in [1.29, 1.82) is 0 Å². The maximum atomic E-state index is 13.3. The van der Waals surface area contributed by atoms with Gasteiger partial charge in [-0.25, -0.2) is 9.18 Å². The fourth-order valence-electron chi connectivity index (χ4n) is 2.49. The summed E-state index contributed by atoms with van der Waals surface area (Å²) in [5, 5.41) is 11.6. The first-order chi connectivity index (χ1) is 11.0. The van der Waals surface area contributed by atoms with E-state index in [1.807, 2.05) is 0 Å². The number of hydrogen-bond donors (Lipinski definition) is 2. The van der Waals surface area contributed by atoms with E-state index in [9.17, 15) is 14.0 Å². The quantitative estimate of drug-likeness (QED) is 0.908. The van der Waals surface area contributed by atoms with Crippen LogP contribution in [0.3, 0.4) is 0 Å². The highest BCUT2D eigenvalue weighted by molar-refractivity contribution is 5.95. The van der Waals surface area contributed by atoms with Crippen LogP contribution in [0.4, 0.5) is 4.39 Å². The van der Waals surface area contributed by atoms with Gasteiger partial charge in [0, 0.05) is 17.7 Å². The van der Waals surface area contributed by atoms with Crippen molar-refractivity contribution >= 4 is 11.9 Å². The van der Waals surface area contributed by atoms with Crippen molar-refractivity contribution < 1.29 is 28.2 Å².